The molecular formula is C16H12F6. The van der Waals surface area contributed by atoms with Crippen LogP contribution in [0.1, 0.15) is 22.3 Å². The zero-order valence-electron chi connectivity index (χ0n) is 11.3. The van der Waals surface area contributed by atoms with E-state index in [2.05, 4.69) is 0 Å². The van der Waals surface area contributed by atoms with Crippen LogP contribution in [0.3, 0.4) is 0 Å². The molecule has 2 aromatic carbocycles. The maximum Gasteiger partial charge on any atom is 0.416 e. The Morgan fingerprint density at radius 2 is 0.955 bits per heavy atom. The molecule has 6 heteroatoms. The molecule has 22 heavy (non-hydrogen) atoms. The van der Waals surface area contributed by atoms with Crippen LogP contribution in [0.15, 0.2) is 48.5 Å². The van der Waals surface area contributed by atoms with Crippen LogP contribution in [-0.2, 0) is 25.2 Å². The van der Waals surface area contributed by atoms with Crippen LogP contribution in [0.2, 0.25) is 0 Å². The summed E-state index contributed by atoms with van der Waals surface area (Å²) in [7, 11) is 0. The molecule has 0 bridgehead atoms. The monoisotopic (exact) mass is 318 g/mol. The maximum atomic E-state index is 12.6. The molecule has 0 aliphatic rings. The summed E-state index contributed by atoms with van der Waals surface area (Å²) < 4.78 is 75.5. The van der Waals surface area contributed by atoms with Gasteiger partial charge in [0.25, 0.3) is 0 Å². The number of halogens is 6. The van der Waals surface area contributed by atoms with E-state index in [9.17, 15) is 26.3 Å². The molecule has 0 saturated heterocycles. The number of aryl methyl sites for hydroxylation is 2. The molecule has 118 valence electrons. The lowest BCUT2D eigenvalue weighted by Crippen LogP contribution is -2.06. The number of benzene rings is 2. The van der Waals surface area contributed by atoms with Gasteiger partial charge in [-0.15, -0.1) is 0 Å². The quantitative estimate of drug-likeness (QED) is 0.655. The molecule has 0 N–H and O–H groups in total. The lowest BCUT2D eigenvalue weighted by molar-refractivity contribution is -0.138. The van der Waals surface area contributed by atoms with E-state index >= 15 is 0 Å². The second-order valence-corrected chi connectivity index (χ2v) is 4.90. The molecule has 0 amide bonds. The van der Waals surface area contributed by atoms with E-state index in [1.165, 1.54) is 24.3 Å². The van der Waals surface area contributed by atoms with Gasteiger partial charge in [0.1, 0.15) is 0 Å². The molecule has 0 heterocycles. The first kappa shape index (κ1) is 16.4. The van der Waals surface area contributed by atoms with Crippen molar-refractivity contribution in [2.24, 2.45) is 0 Å². The first-order chi connectivity index (χ1) is 10.2. The Kier molecular flexibility index (Phi) is 4.49. The van der Waals surface area contributed by atoms with E-state index in [1.807, 2.05) is 0 Å². The molecule has 0 aliphatic heterocycles. The third-order valence-corrected chi connectivity index (χ3v) is 3.21. The Balaban J connectivity index is 2.11. The highest BCUT2D eigenvalue weighted by Gasteiger charge is 2.31. The maximum absolute atomic E-state index is 12.6. The minimum Gasteiger partial charge on any atom is -0.166 e. The molecule has 2 aromatic rings. The van der Waals surface area contributed by atoms with Crippen LogP contribution in [0.4, 0.5) is 26.3 Å². The number of hydrogen-bond acceptors (Lipinski definition) is 0. The topological polar surface area (TPSA) is 0 Å². The molecule has 2 rings (SSSR count). The first-order valence-electron chi connectivity index (χ1n) is 6.48. The minimum atomic E-state index is -4.42. The average Bonchev–Trinajstić information content (AvgIpc) is 2.44. The Labute approximate surface area is 123 Å². The Morgan fingerprint density at radius 3 is 1.27 bits per heavy atom. The fourth-order valence-electron chi connectivity index (χ4n) is 2.10. The number of hydrogen-bond donors (Lipinski definition) is 0. The summed E-state index contributed by atoms with van der Waals surface area (Å²) in [5.74, 6) is 0. The zero-order valence-corrected chi connectivity index (χ0v) is 11.3. The smallest absolute Gasteiger partial charge is 0.166 e. The van der Waals surface area contributed by atoms with Gasteiger partial charge in [0.15, 0.2) is 0 Å². The fraction of sp³-hybridized carbons (Fsp3) is 0.250. The van der Waals surface area contributed by atoms with Gasteiger partial charge in [0.2, 0.25) is 0 Å². The van der Waals surface area contributed by atoms with Crippen molar-refractivity contribution in [3.8, 4) is 0 Å². The summed E-state index contributed by atoms with van der Waals surface area (Å²) in [6.07, 6.45) is -8.37. The molecule has 0 fully saturated rings. The summed E-state index contributed by atoms with van der Waals surface area (Å²) in [6, 6.07) is 9.63. The summed E-state index contributed by atoms with van der Waals surface area (Å²) in [4.78, 5) is 0. The molecule has 0 nitrogen and oxygen atoms in total. The van der Waals surface area contributed by atoms with Gasteiger partial charge in [-0.05, 0) is 36.1 Å². The van der Waals surface area contributed by atoms with Gasteiger partial charge in [-0.3, -0.25) is 0 Å². The standard InChI is InChI=1S/C16H12F6/c17-15(18,19)13-5-1-3-11(9-13)7-8-12-4-2-6-14(10-12)16(20,21)22/h1-6,9-10H,7-8H2. The molecular weight excluding hydrogens is 306 g/mol. The highest BCUT2D eigenvalue weighted by molar-refractivity contribution is 5.29. The number of alkyl halides is 6. The van der Waals surface area contributed by atoms with E-state index in [0.717, 1.165) is 24.3 Å². The van der Waals surface area contributed by atoms with Gasteiger partial charge in [-0.25, -0.2) is 0 Å². The van der Waals surface area contributed by atoms with Crippen molar-refractivity contribution in [1.29, 1.82) is 0 Å². The third kappa shape index (κ3) is 4.26. The van der Waals surface area contributed by atoms with Crippen molar-refractivity contribution in [3.05, 3.63) is 70.8 Å². The Hall–Kier alpha value is -1.98. The van der Waals surface area contributed by atoms with Gasteiger partial charge in [-0.2, -0.15) is 26.3 Å². The zero-order chi connectivity index (χ0) is 16.4. The highest BCUT2D eigenvalue weighted by Crippen LogP contribution is 2.31. The van der Waals surface area contributed by atoms with E-state index < -0.39 is 23.5 Å². The van der Waals surface area contributed by atoms with Crippen LogP contribution < -0.4 is 0 Å². The van der Waals surface area contributed by atoms with Gasteiger partial charge in [0.05, 0.1) is 11.1 Å². The predicted octanol–water partition coefficient (Wildman–Crippen LogP) is 5.51. The van der Waals surface area contributed by atoms with Crippen molar-refractivity contribution < 1.29 is 26.3 Å². The summed E-state index contributed by atoms with van der Waals surface area (Å²) in [5, 5.41) is 0. The molecule has 0 spiro atoms. The van der Waals surface area contributed by atoms with Crippen molar-refractivity contribution >= 4 is 0 Å². The van der Waals surface area contributed by atoms with Gasteiger partial charge in [0, 0.05) is 0 Å². The highest BCUT2D eigenvalue weighted by atomic mass is 19.4. The van der Waals surface area contributed by atoms with Crippen molar-refractivity contribution in [2.45, 2.75) is 25.2 Å². The van der Waals surface area contributed by atoms with Gasteiger partial charge >= 0.3 is 12.4 Å². The number of rotatable bonds is 3. The van der Waals surface area contributed by atoms with Gasteiger partial charge < -0.3 is 0 Å². The van der Waals surface area contributed by atoms with Crippen LogP contribution >= 0.6 is 0 Å². The van der Waals surface area contributed by atoms with E-state index in [0.29, 0.717) is 11.1 Å². The van der Waals surface area contributed by atoms with Crippen molar-refractivity contribution in [1.82, 2.24) is 0 Å². The van der Waals surface area contributed by atoms with Crippen LogP contribution in [0.25, 0.3) is 0 Å². The van der Waals surface area contributed by atoms with E-state index in [-0.39, 0.29) is 12.8 Å². The molecule has 0 aromatic heterocycles. The summed E-state index contributed by atoms with van der Waals surface area (Å²) in [5.41, 5.74) is -0.637. The van der Waals surface area contributed by atoms with E-state index in [1.54, 1.807) is 0 Å². The minimum absolute atomic E-state index is 0.241. The molecule has 0 atom stereocenters. The molecule has 0 saturated carbocycles. The van der Waals surface area contributed by atoms with Crippen molar-refractivity contribution in [2.75, 3.05) is 0 Å². The second kappa shape index (κ2) is 6.02. The summed E-state index contributed by atoms with van der Waals surface area (Å²) in [6.45, 7) is 0. The first-order valence-corrected chi connectivity index (χ1v) is 6.48. The summed E-state index contributed by atoms with van der Waals surface area (Å²) >= 11 is 0. The average molecular weight is 318 g/mol. The SMILES string of the molecule is FC(F)(F)c1cccc(CCc2cccc(C(F)(F)F)c2)c1. The van der Waals surface area contributed by atoms with Crippen LogP contribution in [0.5, 0.6) is 0 Å². The lowest BCUT2D eigenvalue weighted by atomic mass is 10.0. The second-order valence-electron chi connectivity index (χ2n) is 4.90. The van der Waals surface area contributed by atoms with Gasteiger partial charge in [-0.1, -0.05) is 36.4 Å². The molecule has 0 radical (unpaired) electrons. The largest absolute Gasteiger partial charge is 0.416 e. The lowest BCUT2D eigenvalue weighted by Gasteiger charge is -2.10. The van der Waals surface area contributed by atoms with Crippen LogP contribution in [0, 0.1) is 0 Å². The van der Waals surface area contributed by atoms with Crippen molar-refractivity contribution in [3.63, 3.8) is 0 Å². The fourth-order valence-corrected chi connectivity index (χ4v) is 2.10. The molecule has 0 unspecified atom stereocenters. The Bertz CT molecular complexity index is 582. The third-order valence-electron chi connectivity index (χ3n) is 3.21. The predicted molar refractivity (Wildman–Crippen MR) is 70.3 cm³/mol. The molecule has 0 aliphatic carbocycles. The van der Waals surface area contributed by atoms with Crippen LogP contribution in [-0.4, -0.2) is 0 Å². The van der Waals surface area contributed by atoms with E-state index in [4.69, 9.17) is 0 Å². The Morgan fingerprint density at radius 1 is 0.591 bits per heavy atom. The normalized spacial score (nSPS) is 12.5.